The molecule has 0 atom stereocenters. The van der Waals surface area contributed by atoms with Crippen LogP contribution in [-0.4, -0.2) is 13.2 Å². The maximum atomic E-state index is 11.8. The van der Waals surface area contributed by atoms with Crippen molar-refractivity contribution in [1.29, 1.82) is 0 Å². The molecular weight excluding hydrogens is 244 g/mol. The molecule has 0 aliphatic carbocycles. The highest BCUT2D eigenvalue weighted by atomic mass is 79.9. The number of nitrogens with one attached hydrogen (secondary N) is 1. The molecule has 4 heteroatoms. The summed E-state index contributed by atoms with van der Waals surface area (Å²) >= 11 is 9.08. The van der Waals surface area contributed by atoms with Gasteiger partial charge >= 0.3 is 0 Å². The molecule has 1 aromatic rings. The van der Waals surface area contributed by atoms with Gasteiger partial charge in [-0.25, -0.2) is 4.39 Å². The third-order valence-corrected chi connectivity index (χ3v) is 2.58. The molecule has 0 saturated heterocycles. The molecule has 1 N–H and O–H groups in total. The molecule has 0 bridgehead atoms. The summed E-state index contributed by atoms with van der Waals surface area (Å²) in [6.45, 7) is -0.0638. The lowest BCUT2D eigenvalue weighted by Crippen LogP contribution is -2.02. The van der Waals surface area contributed by atoms with Gasteiger partial charge in [-0.2, -0.15) is 0 Å². The Bertz CT molecular complexity index is 267. The fraction of sp³-hybridized carbons (Fsp3) is 0.250. The van der Waals surface area contributed by atoms with Gasteiger partial charge in [0.05, 0.1) is 5.02 Å². The van der Waals surface area contributed by atoms with Crippen LogP contribution in [0.3, 0.4) is 0 Å². The van der Waals surface area contributed by atoms with Gasteiger partial charge in [-0.05, 0) is 34.1 Å². The van der Waals surface area contributed by atoms with Gasteiger partial charge < -0.3 is 5.32 Å². The lowest BCUT2D eigenvalue weighted by molar-refractivity contribution is 0.513. The Kier molecular flexibility index (Phi) is 3.82. The van der Waals surface area contributed by atoms with E-state index in [4.69, 9.17) is 11.6 Å². The van der Waals surface area contributed by atoms with E-state index < -0.39 is 0 Å². The summed E-state index contributed by atoms with van der Waals surface area (Å²) in [6, 6.07) is 5.41. The van der Waals surface area contributed by atoms with Crippen LogP contribution >= 0.6 is 27.5 Å². The molecule has 0 saturated carbocycles. The van der Waals surface area contributed by atoms with Crippen molar-refractivity contribution in [2.45, 2.75) is 0 Å². The zero-order valence-corrected chi connectivity index (χ0v) is 8.62. The van der Waals surface area contributed by atoms with Gasteiger partial charge in [0.25, 0.3) is 0 Å². The minimum Gasteiger partial charge on any atom is -0.382 e. The molecule has 66 valence electrons. The largest absolute Gasteiger partial charge is 0.382 e. The Morgan fingerprint density at radius 3 is 2.83 bits per heavy atom. The topological polar surface area (TPSA) is 12.0 Å². The van der Waals surface area contributed by atoms with Gasteiger partial charge in [-0.1, -0.05) is 11.6 Å². The van der Waals surface area contributed by atoms with Gasteiger partial charge in [0, 0.05) is 16.7 Å². The van der Waals surface area contributed by atoms with Crippen molar-refractivity contribution in [2.75, 3.05) is 18.5 Å². The quantitative estimate of drug-likeness (QED) is 0.868. The van der Waals surface area contributed by atoms with Crippen LogP contribution < -0.4 is 5.32 Å². The van der Waals surface area contributed by atoms with Crippen molar-refractivity contribution < 1.29 is 4.39 Å². The summed E-state index contributed by atoms with van der Waals surface area (Å²) in [5.41, 5.74) is 0.834. The molecule has 0 spiro atoms. The van der Waals surface area contributed by atoms with Crippen LogP contribution in [0.4, 0.5) is 10.1 Å². The number of hydrogen-bond acceptors (Lipinski definition) is 1. The van der Waals surface area contributed by atoms with Crippen molar-refractivity contribution in [1.82, 2.24) is 0 Å². The van der Waals surface area contributed by atoms with Crippen molar-refractivity contribution in [3.63, 3.8) is 0 Å². The van der Waals surface area contributed by atoms with Crippen LogP contribution in [0.2, 0.25) is 5.02 Å². The van der Waals surface area contributed by atoms with E-state index in [1.165, 1.54) is 0 Å². The molecule has 0 heterocycles. The minimum atomic E-state index is -0.381. The number of benzene rings is 1. The van der Waals surface area contributed by atoms with E-state index in [0.29, 0.717) is 11.6 Å². The van der Waals surface area contributed by atoms with E-state index >= 15 is 0 Å². The zero-order valence-electron chi connectivity index (χ0n) is 6.28. The van der Waals surface area contributed by atoms with Crippen LogP contribution in [0, 0.1) is 0 Å². The Hall–Kier alpha value is -0.280. The first-order chi connectivity index (χ1) is 5.74. The van der Waals surface area contributed by atoms with Crippen molar-refractivity contribution in [3.8, 4) is 0 Å². The molecule has 1 rings (SSSR count). The van der Waals surface area contributed by atoms with E-state index in [9.17, 15) is 4.39 Å². The van der Waals surface area contributed by atoms with Crippen molar-refractivity contribution in [3.05, 3.63) is 27.7 Å². The third kappa shape index (κ3) is 2.64. The molecule has 12 heavy (non-hydrogen) atoms. The molecule has 1 nitrogen and oxygen atoms in total. The van der Waals surface area contributed by atoms with E-state index in [0.717, 1.165) is 10.2 Å². The SMILES string of the molecule is FCCNc1ccc(Br)c(Cl)c1. The predicted molar refractivity (Wildman–Crippen MR) is 53.6 cm³/mol. The second kappa shape index (κ2) is 4.67. The van der Waals surface area contributed by atoms with E-state index in [-0.39, 0.29) is 6.67 Å². The fourth-order valence-electron chi connectivity index (χ4n) is 0.798. The molecular formula is C8H8BrClFN. The summed E-state index contributed by atoms with van der Waals surface area (Å²) in [4.78, 5) is 0. The van der Waals surface area contributed by atoms with E-state index in [1.54, 1.807) is 6.07 Å². The average molecular weight is 253 g/mol. The molecule has 0 aromatic heterocycles. The number of anilines is 1. The van der Waals surface area contributed by atoms with Crippen molar-refractivity contribution in [2.24, 2.45) is 0 Å². The summed E-state index contributed by atoms with van der Waals surface area (Å²) in [7, 11) is 0. The third-order valence-electron chi connectivity index (χ3n) is 1.34. The Balaban J connectivity index is 2.69. The monoisotopic (exact) mass is 251 g/mol. The molecule has 0 amide bonds. The van der Waals surface area contributed by atoms with E-state index in [2.05, 4.69) is 21.2 Å². The van der Waals surface area contributed by atoms with Gasteiger partial charge in [0.2, 0.25) is 0 Å². The van der Waals surface area contributed by atoms with Crippen LogP contribution in [0.15, 0.2) is 22.7 Å². The number of alkyl halides is 1. The Labute approximate surface area is 84.0 Å². The molecule has 0 radical (unpaired) electrons. The maximum Gasteiger partial charge on any atom is 0.107 e. The first kappa shape index (κ1) is 9.81. The van der Waals surface area contributed by atoms with Crippen LogP contribution in [0.5, 0.6) is 0 Å². The second-order valence-electron chi connectivity index (χ2n) is 2.24. The normalized spacial score (nSPS) is 9.92. The Morgan fingerprint density at radius 1 is 1.50 bits per heavy atom. The summed E-state index contributed by atoms with van der Waals surface area (Å²) in [5, 5.41) is 3.51. The molecule has 0 aliphatic heterocycles. The minimum absolute atomic E-state index is 0.317. The molecule has 0 unspecified atom stereocenters. The second-order valence-corrected chi connectivity index (χ2v) is 3.51. The zero-order chi connectivity index (χ0) is 8.97. The smallest absolute Gasteiger partial charge is 0.107 e. The highest BCUT2D eigenvalue weighted by molar-refractivity contribution is 9.10. The van der Waals surface area contributed by atoms with Crippen LogP contribution in [0.1, 0.15) is 0 Å². The van der Waals surface area contributed by atoms with Gasteiger partial charge in [-0.3, -0.25) is 0 Å². The summed E-state index contributed by atoms with van der Waals surface area (Å²) < 4.78 is 12.6. The first-order valence-electron chi connectivity index (χ1n) is 3.49. The fourth-order valence-corrected chi connectivity index (χ4v) is 1.22. The van der Waals surface area contributed by atoms with Gasteiger partial charge in [0.15, 0.2) is 0 Å². The van der Waals surface area contributed by atoms with Crippen LogP contribution in [-0.2, 0) is 0 Å². The van der Waals surface area contributed by atoms with E-state index in [1.807, 2.05) is 12.1 Å². The lowest BCUT2D eigenvalue weighted by atomic mass is 10.3. The average Bonchev–Trinajstić information content (AvgIpc) is 2.07. The van der Waals surface area contributed by atoms with Crippen molar-refractivity contribution >= 4 is 33.2 Å². The first-order valence-corrected chi connectivity index (χ1v) is 4.66. The number of rotatable bonds is 3. The summed E-state index contributed by atoms with van der Waals surface area (Å²) in [6.07, 6.45) is 0. The predicted octanol–water partition coefficient (Wildman–Crippen LogP) is 3.48. The number of halogens is 3. The molecule has 0 fully saturated rings. The molecule has 0 aliphatic rings. The summed E-state index contributed by atoms with van der Waals surface area (Å²) in [5.74, 6) is 0. The molecule has 1 aromatic carbocycles. The van der Waals surface area contributed by atoms with Gasteiger partial charge in [-0.15, -0.1) is 0 Å². The maximum absolute atomic E-state index is 11.8. The van der Waals surface area contributed by atoms with Crippen LogP contribution in [0.25, 0.3) is 0 Å². The highest BCUT2D eigenvalue weighted by Gasteiger charge is 1.97. The highest BCUT2D eigenvalue weighted by Crippen LogP contribution is 2.25. The lowest BCUT2D eigenvalue weighted by Gasteiger charge is -2.04. The van der Waals surface area contributed by atoms with Gasteiger partial charge in [0.1, 0.15) is 6.67 Å². The standard InChI is InChI=1S/C8H8BrClFN/c9-7-2-1-6(5-8(7)10)12-4-3-11/h1-2,5,12H,3-4H2. The Morgan fingerprint density at radius 2 is 2.25 bits per heavy atom. The number of hydrogen-bond donors (Lipinski definition) is 1.